The second-order valence-electron chi connectivity index (χ2n) is 18.8. The molecular formula is C62H48N4OPt-2. The van der Waals surface area contributed by atoms with Crippen molar-refractivity contribution in [2.45, 2.75) is 51.5 Å². The van der Waals surface area contributed by atoms with Crippen molar-refractivity contribution >= 4 is 32.8 Å². The van der Waals surface area contributed by atoms with Crippen molar-refractivity contribution in [3.8, 4) is 56.4 Å². The topological polar surface area (TPSA) is 36.9 Å². The number of nitrogens with zero attached hydrogens (tertiary/aromatic N) is 4. The van der Waals surface area contributed by atoms with Crippen molar-refractivity contribution < 1.29 is 24.1 Å². The molecule has 1 aliphatic rings. The average molecular weight is 1060 g/mol. The van der Waals surface area contributed by atoms with Gasteiger partial charge in [0.2, 0.25) is 0 Å². The Bertz CT molecular complexity index is 3690. The number of hydrogen-bond acceptors (Lipinski definition) is 2. The van der Waals surface area contributed by atoms with Gasteiger partial charge in [0.05, 0.1) is 0 Å². The number of rotatable bonds is 8. The molecule has 0 saturated carbocycles. The van der Waals surface area contributed by atoms with E-state index in [-0.39, 0.29) is 11.5 Å². The van der Waals surface area contributed by atoms with Crippen LogP contribution in [-0.2, 0) is 31.2 Å². The molecule has 0 fully saturated rings. The summed E-state index contributed by atoms with van der Waals surface area (Å²) in [7, 11) is 0. The Morgan fingerprint density at radius 1 is 0.574 bits per heavy atom. The van der Waals surface area contributed by atoms with E-state index in [0.29, 0.717) is 11.5 Å². The predicted octanol–water partition coefficient (Wildman–Crippen LogP) is 15.6. The normalized spacial score (nSPS) is 13.9. The molecule has 1 atom stereocenters. The molecule has 1 aliphatic carbocycles. The standard InChI is InChI=1S/C62H48N4O.Pt/c1-62(2,3)47-35-36-63-60(38-47)66-56-34-30-46(42-17-7-4-8-18-42)37-54(56)52-33-32-49(40-59(52)66)67-48-31-29-45-23-15-28-55(53(45)39-48)64-41-65(58-27-14-13-26-57(58)64)61-50(43-19-9-5-10-20-43)24-16-25-51(61)44-21-11-6-12-22-44;/h4-14,16-22,24-27,29-38,55H,15,23,28H2,1-3H3;/q-2;. The van der Waals surface area contributed by atoms with Gasteiger partial charge in [-0.1, -0.05) is 63.2 Å². The van der Waals surface area contributed by atoms with E-state index in [0.717, 1.165) is 56.2 Å². The van der Waals surface area contributed by atoms with Gasteiger partial charge >= 0.3 is 296 Å². The van der Waals surface area contributed by atoms with Crippen LogP contribution in [0.5, 0.6) is 11.5 Å². The van der Waals surface area contributed by atoms with Gasteiger partial charge in [0, 0.05) is 6.20 Å². The second-order valence-corrected chi connectivity index (χ2v) is 19.8. The van der Waals surface area contributed by atoms with Gasteiger partial charge in [-0.15, -0.1) is 0 Å². The quantitative estimate of drug-likeness (QED) is 0.142. The molecule has 0 bridgehead atoms. The summed E-state index contributed by atoms with van der Waals surface area (Å²) in [6.07, 6.45) is 4.98. The van der Waals surface area contributed by atoms with Crippen LogP contribution >= 0.6 is 0 Å². The molecule has 334 valence electrons. The monoisotopic (exact) mass is 1060 g/mol. The number of aromatic nitrogens is 4. The first-order chi connectivity index (χ1) is 33.3. The second kappa shape index (κ2) is 17.1. The summed E-state index contributed by atoms with van der Waals surface area (Å²) < 4.78 is 15.3. The van der Waals surface area contributed by atoms with Gasteiger partial charge in [-0.3, -0.25) is 0 Å². The minimum absolute atomic E-state index is 0.0407. The first kappa shape index (κ1) is 42.1. The number of benzene rings is 8. The zero-order valence-corrected chi connectivity index (χ0v) is 40.5. The Morgan fingerprint density at radius 3 is 1.93 bits per heavy atom. The van der Waals surface area contributed by atoms with Gasteiger partial charge in [0.25, 0.3) is 0 Å². The molecule has 0 radical (unpaired) electrons. The van der Waals surface area contributed by atoms with Gasteiger partial charge in [0.15, 0.2) is 0 Å². The molecule has 1 unspecified atom stereocenters. The van der Waals surface area contributed by atoms with E-state index < -0.39 is 0 Å². The summed E-state index contributed by atoms with van der Waals surface area (Å²) in [4.78, 5) is 4.96. The van der Waals surface area contributed by atoms with E-state index in [9.17, 15) is 0 Å². The Kier molecular flexibility index (Phi) is 10.6. The zero-order valence-electron chi connectivity index (χ0n) is 38.2. The molecule has 0 amide bonds. The molecule has 6 heteroatoms. The van der Waals surface area contributed by atoms with Gasteiger partial charge < -0.3 is 0 Å². The van der Waals surface area contributed by atoms with Crippen LogP contribution in [0, 0.1) is 15.9 Å². The molecule has 0 N–H and O–H groups in total. The molecule has 5 nitrogen and oxygen atoms in total. The molecule has 12 rings (SSSR count). The van der Waals surface area contributed by atoms with E-state index in [1.807, 2.05) is 12.3 Å². The van der Waals surface area contributed by atoms with Crippen LogP contribution < -0.4 is 4.74 Å². The third-order valence-electron chi connectivity index (χ3n) is 13.6. The molecule has 8 aromatic carbocycles. The fourth-order valence-corrected chi connectivity index (χ4v) is 11.4. The SMILES string of the molecule is CC(C)(C)c1ccnc(-n2c3[c-]c(Oc4[c-]c5c(cc4)CCCC5n4[c](=[Pt])n(-c5c(-c6ccccc6)cccc5-c5ccccc5)c5ccccc54)ccc3c3cc(-c4ccccc4)ccc32)c1. The van der Waals surface area contributed by atoms with Crippen molar-refractivity contribution in [1.82, 2.24) is 18.7 Å². The van der Waals surface area contributed by atoms with Crippen LogP contribution in [0.3, 0.4) is 0 Å². The number of aryl methyl sites for hydroxylation is 1. The van der Waals surface area contributed by atoms with Gasteiger partial charge in [-0.2, -0.15) is 0 Å². The summed E-state index contributed by atoms with van der Waals surface area (Å²) in [5, 5.41) is 2.23. The van der Waals surface area contributed by atoms with Crippen molar-refractivity contribution in [3.63, 3.8) is 0 Å². The van der Waals surface area contributed by atoms with Crippen LogP contribution in [0.2, 0.25) is 0 Å². The molecule has 0 saturated heterocycles. The molecule has 0 aliphatic heterocycles. The number of fused-ring (bicyclic) bond motifs is 5. The van der Waals surface area contributed by atoms with Crippen molar-refractivity contribution in [2.75, 3.05) is 0 Å². The minimum Gasteiger partial charge on any atom is -0.0622 e. The van der Waals surface area contributed by atoms with Crippen molar-refractivity contribution in [2.24, 2.45) is 0 Å². The summed E-state index contributed by atoms with van der Waals surface area (Å²) in [5.74, 6) is 2.16. The van der Waals surface area contributed by atoms with Crippen LogP contribution in [0.1, 0.15) is 56.3 Å². The first-order valence-electron chi connectivity index (χ1n) is 23.5. The van der Waals surface area contributed by atoms with Crippen LogP contribution in [0.4, 0.5) is 0 Å². The Labute approximate surface area is 408 Å². The fraction of sp³-hybridized carbons (Fsp3) is 0.129. The number of ether oxygens (including phenoxy) is 1. The zero-order chi connectivity index (χ0) is 45.9. The third kappa shape index (κ3) is 7.37. The first-order valence-corrected chi connectivity index (χ1v) is 24.6. The maximum absolute atomic E-state index is 6.86. The van der Waals surface area contributed by atoms with E-state index in [1.54, 1.807) is 0 Å². The summed E-state index contributed by atoms with van der Waals surface area (Å²) in [6, 6.07) is 74.9. The van der Waals surface area contributed by atoms with E-state index >= 15 is 0 Å². The van der Waals surface area contributed by atoms with E-state index in [1.165, 1.54) is 61.3 Å². The molecule has 68 heavy (non-hydrogen) atoms. The summed E-state index contributed by atoms with van der Waals surface area (Å²) in [5.41, 5.74) is 16.2. The van der Waals surface area contributed by atoms with E-state index in [4.69, 9.17) is 9.72 Å². The number of imidazole rings is 1. The maximum atomic E-state index is 6.86. The van der Waals surface area contributed by atoms with E-state index in [2.05, 4.69) is 248 Å². The molecule has 0 spiro atoms. The van der Waals surface area contributed by atoms with Crippen LogP contribution in [0.15, 0.2) is 194 Å². The predicted molar refractivity (Wildman–Crippen MR) is 273 cm³/mol. The third-order valence-corrected chi connectivity index (χ3v) is 14.6. The van der Waals surface area contributed by atoms with Gasteiger partial charge in [-0.25, -0.2) is 4.98 Å². The smallest absolute Gasteiger partial charge is 0.0622 e. The molecular weight excluding hydrogens is 1010 g/mol. The molecule has 11 aromatic rings. The van der Waals surface area contributed by atoms with Crippen LogP contribution in [0.25, 0.3) is 77.7 Å². The Balaban J connectivity index is 0.981. The van der Waals surface area contributed by atoms with Crippen LogP contribution in [-0.4, -0.2) is 18.7 Å². The number of para-hydroxylation sites is 3. The average Bonchev–Trinajstić information content (AvgIpc) is 3.86. The minimum atomic E-state index is -0.0435. The molecule has 3 aromatic heterocycles. The summed E-state index contributed by atoms with van der Waals surface area (Å²) in [6.45, 7) is 6.73. The number of pyridine rings is 1. The summed E-state index contributed by atoms with van der Waals surface area (Å²) >= 11 is 2.58. The Hall–Kier alpha value is -7.33. The Morgan fingerprint density at radius 2 is 1.22 bits per heavy atom. The van der Waals surface area contributed by atoms with Gasteiger partial charge in [-0.05, 0) is 40.3 Å². The van der Waals surface area contributed by atoms with Crippen molar-refractivity contribution in [3.05, 3.63) is 227 Å². The number of hydrogen-bond donors (Lipinski definition) is 0. The fourth-order valence-electron chi connectivity index (χ4n) is 10.3. The van der Waals surface area contributed by atoms with Crippen molar-refractivity contribution in [1.29, 1.82) is 0 Å². The van der Waals surface area contributed by atoms with Gasteiger partial charge in [0.1, 0.15) is 0 Å². The molecule has 3 heterocycles.